The van der Waals surface area contributed by atoms with Crippen molar-refractivity contribution in [3.63, 3.8) is 0 Å². The minimum atomic E-state index is -4.40. The number of phosphoric ester groups is 1. The summed E-state index contributed by atoms with van der Waals surface area (Å²) in [5.74, 6) is -0.881. The van der Waals surface area contributed by atoms with Gasteiger partial charge in [-0.15, -0.1) is 0 Å². The van der Waals surface area contributed by atoms with Crippen LogP contribution in [0, 0.1) is 0 Å². The van der Waals surface area contributed by atoms with Gasteiger partial charge < -0.3 is 24.0 Å². The van der Waals surface area contributed by atoms with Crippen LogP contribution in [-0.2, 0) is 32.7 Å². The van der Waals surface area contributed by atoms with E-state index in [1.807, 2.05) is 45.4 Å². The number of carbonyl (C=O) groups is 2. The van der Waals surface area contributed by atoms with Crippen LogP contribution in [0.2, 0.25) is 0 Å². The molecule has 0 amide bonds. The lowest BCUT2D eigenvalue weighted by Gasteiger charge is -2.24. The third-order valence-electron chi connectivity index (χ3n) is 8.31. The average Bonchev–Trinajstić information content (AvgIpc) is 3.12. The molecule has 0 fully saturated rings. The average molecular weight is 795 g/mol. The molecule has 0 aliphatic rings. The molecule has 0 radical (unpaired) electrons. The van der Waals surface area contributed by atoms with E-state index in [9.17, 15) is 24.2 Å². The molecular weight excluding hydrogens is 717 g/mol. The molecule has 0 saturated heterocycles. The number of ether oxygens (including phenoxy) is 2. The molecule has 2 N–H and O–H groups in total. The first-order valence-electron chi connectivity index (χ1n) is 20.8. The Kier molecular flexibility index (Phi) is 34.1. The van der Waals surface area contributed by atoms with Gasteiger partial charge in [0.1, 0.15) is 19.8 Å². The van der Waals surface area contributed by atoms with Gasteiger partial charge >= 0.3 is 19.8 Å². The molecule has 0 bridgehead atoms. The quantitative estimate of drug-likeness (QED) is 0.0159. The molecule has 0 saturated carbocycles. The van der Waals surface area contributed by atoms with Gasteiger partial charge in [-0.25, -0.2) is 4.57 Å². The fourth-order valence-corrected chi connectivity index (χ4v) is 5.80. The van der Waals surface area contributed by atoms with Crippen molar-refractivity contribution in [2.75, 3.05) is 47.5 Å². The summed E-state index contributed by atoms with van der Waals surface area (Å²) >= 11 is 0. The number of aliphatic hydroxyl groups excluding tert-OH is 1. The third kappa shape index (κ3) is 39.4. The number of quaternary nitrogens is 1. The zero-order chi connectivity index (χ0) is 40.9. The lowest BCUT2D eigenvalue weighted by molar-refractivity contribution is -0.870. The van der Waals surface area contributed by atoms with Crippen LogP contribution in [0.4, 0.5) is 0 Å². The second-order valence-corrected chi connectivity index (χ2v) is 16.3. The van der Waals surface area contributed by atoms with Gasteiger partial charge in [0.15, 0.2) is 6.10 Å². The summed E-state index contributed by atoms with van der Waals surface area (Å²) in [7, 11) is 1.41. The number of rotatable bonds is 36. The molecule has 0 heterocycles. The zero-order valence-electron chi connectivity index (χ0n) is 35.0. The van der Waals surface area contributed by atoms with Crippen molar-refractivity contribution in [1.82, 2.24) is 0 Å². The highest BCUT2D eigenvalue weighted by Crippen LogP contribution is 2.43. The van der Waals surface area contributed by atoms with Crippen LogP contribution in [0.1, 0.15) is 136 Å². The monoisotopic (exact) mass is 795 g/mol. The van der Waals surface area contributed by atoms with Crippen molar-refractivity contribution in [2.24, 2.45) is 0 Å². The summed E-state index contributed by atoms with van der Waals surface area (Å²) in [6.45, 7) is 4.01. The molecule has 0 aromatic carbocycles. The van der Waals surface area contributed by atoms with Gasteiger partial charge in [-0.2, -0.15) is 0 Å². The Hall–Kier alpha value is -2.59. The predicted octanol–water partition coefficient (Wildman–Crippen LogP) is 10.4. The summed E-state index contributed by atoms with van der Waals surface area (Å²) in [5, 5.41) is 9.87. The van der Waals surface area contributed by atoms with E-state index in [-0.39, 0.29) is 26.1 Å². The van der Waals surface area contributed by atoms with Gasteiger partial charge in [0.25, 0.3) is 0 Å². The van der Waals surface area contributed by atoms with Crippen LogP contribution in [0.25, 0.3) is 0 Å². The molecule has 0 aromatic heterocycles. The molecule has 0 rings (SSSR count). The molecular formula is C44H77NO9P+. The van der Waals surface area contributed by atoms with Crippen molar-refractivity contribution >= 4 is 19.8 Å². The Labute approximate surface area is 334 Å². The maximum atomic E-state index is 12.7. The standard InChI is InChI=1S/C44H76NO9P/c1-6-8-10-11-12-13-14-15-16-17-18-21-25-28-32-36-44(48)54-42(40-53-55(49,50)52-38-37-45(3,4)5)39-51-43(47)35-31-27-24-22-19-20-23-26-30-34-41(46)33-29-9-7-2/h8-10,12-13,15-16,23,26,29-30,34,41-42,46H,6-7,11,14,17-22,24-25,27-28,31-33,35-40H2,1-5H3/p+1/b10-8-,13-12-,16-15-,26-23+,29-9+,34-30+/t41?,42-/m1/s1. The molecule has 0 aromatic rings. The first-order valence-corrected chi connectivity index (χ1v) is 22.3. The topological polar surface area (TPSA) is 129 Å². The normalized spacial score (nSPS) is 15.0. The smallest absolute Gasteiger partial charge is 0.462 e. The van der Waals surface area contributed by atoms with E-state index < -0.39 is 38.6 Å². The van der Waals surface area contributed by atoms with Crippen LogP contribution < -0.4 is 0 Å². The summed E-state index contributed by atoms with van der Waals surface area (Å²) < 4.78 is 34.2. The lowest BCUT2D eigenvalue weighted by Crippen LogP contribution is -2.37. The van der Waals surface area contributed by atoms with Crippen LogP contribution in [0.3, 0.4) is 0 Å². The number of esters is 2. The SMILES string of the molecule is CC/C=C\C/C=C\C/C=C\CCCCCCCC(=O)O[C@H](COC(=O)CCCCCCC/C=C/C=C/C(O)C/C=C/CC)COP(=O)(O)OCC[N+](C)(C)C. The summed E-state index contributed by atoms with van der Waals surface area (Å²) in [6.07, 6.45) is 39.9. The minimum absolute atomic E-state index is 0.0119. The molecule has 11 heteroatoms. The number of aliphatic hydroxyl groups is 1. The number of allylic oxidation sites excluding steroid dienone is 10. The molecule has 316 valence electrons. The van der Waals surface area contributed by atoms with E-state index in [4.69, 9.17) is 18.5 Å². The Morgan fingerprint density at radius 1 is 0.655 bits per heavy atom. The van der Waals surface area contributed by atoms with Crippen molar-refractivity contribution in [3.8, 4) is 0 Å². The Morgan fingerprint density at radius 3 is 1.84 bits per heavy atom. The number of hydrogen-bond donors (Lipinski definition) is 2. The zero-order valence-corrected chi connectivity index (χ0v) is 35.9. The number of unbranched alkanes of at least 4 members (excludes halogenated alkanes) is 10. The van der Waals surface area contributed by atoms with E-state index in [2.05, 4.69) is 56.4 Å². The third-order valence-corrected chi connectivity index (χ3v) is 9.30. The van der Waals surface area contributed by atoms with E-state index in [0.29, 0.717) is 30.3 Å². The Balaban J connectivity index is 4.50. The fourth-order valence-electron chi connectivity index (χ4n) is 5.06. The number of nitrogens with zero attached hydrogens (tertiary/aromatic N) is 1. The minimum Gasteiger partial charge on any atom is -0.462 e. The van der Waals surface area contributed by atoms with Gasteiger partial charge in [-0.3, -0.25) is 18.6 Å². The van der Waals surface area contributed by atoms with Gasteiger partial charge in [0.05, 0.1) is 33.9 Å². The summed E-state index contributed by atoms with van der Waals surface area (Å²) in [4.78, 5) is 35.3. The Morgan fingerprint density at radius 2 is 1.20 bits per heavy atom. The maximum Gasteiger partial charge on any atom is 0.472 e. The van der Waals surface area contributed by atoms with Gasteiger partial charge in [0, 0.05) is 12.8 Å². The van der Waals surface area contributed by atoms with E-state index in [1.165, 1.54) is 0 Å². The van der Waals surface area contributed by atoms with Crippen LogP contribution in [-0.4, -0.2) is 86.1 Å². The van der Waals surface area contributed by atoms with Crippen LogP contribution in [0.15, 0.2) is 72.9 Å². The maximum absolute atomic E-state index is 12.7. The largest absolute Gasteiger partial charge is 0.472 e. The molecule has 0 spiro atoms. The van der Waals surface area contributed by atoms with Gasteiger partial charge in [-0.05, 0) is 70.6 Å². The van der Waals surface area contributed by atoms with Crippen LogP contribution in [0.5, 0.6) is 0 Å². The molecule has 2 unspecified atom stereocenters. The second-order valence-electron chi connectivity index (χ2n) is 14.8. The summed E-state index contributed by atoms with van der Waals surface area (Å²) in [6, 6.07) is 0. The Bertz CT molecular complexity index is 1190. The first kappa shape index (κ1) is 52.4. The van der Waals surface area contributed by atoms with Crippen molar-refractivity contribution < 1.29 is 47.2 Å². The number of carbonyl (C=O) groups excluding carboxylic acids is 2. The molecule has 3 atom stereocenters. The van der Waals surface area contributed by atoms with Crippen LogP contribution >= 0.6 is 7.82 Å². The molecule has 0 aliphatic heterocycles. The highest BCUT2D eigenvalue weighted by atomic mass is 31.2. The lowest BCUT2D eigenvalue weighted by atomic mass is 10.1. The van der Waals surface area contributed by atoms with E-state index >= 15 is 0 Å². The van der Waals surface area contributed by atoms with E-state index in [0.717, 1.165) is 89.9 Å². The molecule has 10 nitrogen and oxygen atoms in total. The second kappa shape index (κ2) is 35.8. The number of hydrogen-bond acceptors (Lipinski definition) is 8. The first-order chi connectivity index (χ1) is 26.4. The van der Waals surface area contributed by atoms with Crippen molar-refractivity contribution in [3.05, 3.63) is 72.9 Å². The fraction of sp³-hybridized carbons (Fsp3) is 0.682. The van der Waals surface area contributed by atoms with Crippen molar-refractivity contribution in [1.29, 1.82) is 0 Å². The summed E-state index contributed by atoms with van der Waals surface area (Å²) in [5.41, 5.74) is 0. The van der Waals surface area contributed by atoms with Gasteiger partial charge in [0.2, 0.25) is 0 Å². The van der Waals surface area contributed by atoms with Gasteiger partial charge in [-0.1, -0.05) is 125 Å². The molecule has 0 aliphatic carbocycles. The van der Waals surface area contributed by atoms with Crippen molar-refractivity contribution in [2.45, 2.75) is 148 Å². The van der Waals surface area contributed by atoms with E-state index in [1.54, 1.807) is 6.08 Å². The highest BCUT2D eigenvalue weighted by Gasteiger charge is 2.27. The number of likely N-dealkylation sites (N-methyl/N-ethyl adjacent to an activating group) is 1. The number of phosphoric acid groups is 1. The highest BCUT2D eigenvalue weighted by molar-refractivity contribution is 7.47. The molecule has 55 heavy (non-hydrogen) atoms. The predicted molar refractivity (Wildman–Crippen MR) is 225 cm³/mol.